The molecule has 5 nitrogen and oxygen atoms in total. The molecule has 0 saturated heterocycles. The zero-order valence-corrected chi connectivity index (χ0v) is 14.2. The van der Waals surface area contributed by atoms with Gasteiger partial charge in [-0.05, 0) is 39.0 Å². The van der Waals surface area contributed by atoms with Crippen LogP contribution in [0, 0.1) is 19.7 Å². The number of aromatic nitrogens is 1. The van der Waals surface area contributed by atoms with Crippen molar-refractivity contribution >= 4 is 11.9 Å². The molecule has 1 atom stereocenters. The average Bonchev–Trinajstić information content (AvgIpc) is 2.82. The maximum atomic E-state index is 14.1. The van der Waals surface area contributed by atoms with Crippen LogP contribution in [0.3, 0.4) is 0 Å². The van der Waals surface area contributed by atoms with Gasteiger partial charge in [0.25, 0.3) is 5.91 Å². The highest BCUT2D eigenvalue weighted by atomic mass is 19.1. The number of para-hydroxylation sites is 1. The normalized spacial score (nSPS) is 11.9. The molecule has 2 aromatic rings. The Labute approximate surface area is 140 Å². The fourth-order valence-electron chi connectivity index (χ4n) is 2.68. The lowest BCUT2D eigenvalue weighted by molar-refractivity contribution is -0.141. The van der Waals surface area contributed by atoms with Crippen LogP contribution in [0.15, 0.2) is 30.3 Å². The number of nitrogens with zero attached hydrogens (tertiary/aromatic N) is 1. The summed E-state index contributed by atoms with van der Waals surface area (Å²) in [6.45, 7) is 5.30. The molecule has 1 N–H and O–H groups in total. The molecule has 0 radical (unpaired) electrons. The third-order valence-corrected chi connectivity index (χ3v) is 3.85. The van der Waals surface area contributed by atoms with E-state index in [1.54, 1.807) is 42.7 Å². The number of hydrogen-bond donors (Lipinski definition) is 1. The number of carbonyl (C=O) groups excluding carboxylic acids is 2. The summed E-state index contributed by atoms with van der Waals surface area (Å²) in [5, 5.41) is 2.76. The van der Waals surface area contributed by atoms with E-state index in [0.717, 1.165) is 5.69 Å². The average molecular weight is 332 g/mol. The summed E-state index contributed by atoms with van der Waals surface area (Å²) < 4.78 is 20.4. The number of carbonyl (C=O) groups is 2. The minimum Gasteiger partial charge on any atom is -0.469 e. The standard InChI is InChI=1S/C18H21FN2O3/c1-11(9-17(22)24-4)20-18(23)14-10-12(2)21(13(14)3)16-8-6-5-7-15(16)19/h5-8,10-11H,9H2,1-4H3,(H,20,23). The molecule has 1 heterocycles. The van der Waals surface area contributed by atoms with E-state index >= 15 is 0 Å². The lowest BCUT2D eigenvalue weighted by atomic mass is 10.2. The van der Waals surface area contributed by atoms with Gasteiger partial charge in [-0.2, -0.15) is 0 Å². The van der Waals surface area contributed by atoms with Crippen LogP contribution in [0.25, 0.3) is 5.69 Å². The molecule has 0 spiro atoms. The second-order valence-corrected chi connectivity index (χ2v) is 5.73. The van der Waals surface area contributed by atoms with Crippen LogP contribution < -0.4 is 5.32 Å². The Morgan fingerprint density at radius 3 is 2.58 bits per heavy atom. The summed E-state index contributed by atoms with van der Waals surface area (Å²) in [4.78, 5) is 23.7. The predicted octanol–water partition coefficient (Wildman–Crippen LogP) is 2.91. The van der Waals surface area contributed by atoms with Gasteiger partial charge < -0.3 is 14.6 Å². The van der Waals surface area contributed by atoms with Crippen LogP contribution >= 0.6 is 0 Å². The Morgan fingerprint density at radius 2 is 1.96 bits per heavy atom. The van der Waals surface area contributed by atoms with Crippen LogP contribution in [0.2, 0.25) is 0 Å². The maximum Gasteiger partial charge on any atom is 0.307 e. The lowest BCUT2D eigenvalue weighted by Gasteiger charge is -2.13. The molecule has 0 aliphatic heterocycles. The highest BCUT2D eigenvalue weighted by molar-refractivity contribution is 5.96. The van der Waals surface area contributed by atoms with Crippen molar-refractivity contribution in [3.05, 3.63) is 53.1 Å². The number of rotatable bonds is 5. The van der Waals surface area contributed by atoms with Crippen LogP contribution in [0.5, 0.6) is 0 Å². The number of ether oxygens (including phenoxy) is 1. The molecular formula is C18H21FN2O3. The molecule has 128 valence electrons. The molecule has 6 heteroatoms. The molecule has 0 aliphatic rings. The van der Waals surface area contributed by atoms with E-state index in [1.165, 1.54) is 13.2 Å². The number of amides is 1. The van der Waals surface area contributed by atoms with Crippen molar-refractivity contribution in [2.24, 2.45) is 0 Å². The Kier molecular flexibility index (Phi) is 5.39. The summed E-state index contributed by atoms with van der Waals surface area (Å²) in [6.07, 6.45) is 0.0916. The van der Waals surface area contributed by atoms with Crippen molar-refractivity contribution in [2.45, 2.75) is 33.2 Å². The van der Waals surface area contributed by atoms with E-state index in [0.29, 0.717) is 16.9 Å². The van der Waals surface area contributed by atoms with Gasteiger partial charge in [-0.25, -0.2) is 4.39 Å². The van der Waals surface area contributed by atoms with Crippen molar-refractivity contribution in [1.29, 1.82) is 0 Å². The summed E-state index contributed by atoms with van der Waals surface area (Å²) in [5.74, 6) is -1.05. The Hall–Kier alpha value is -2.63. The van der Waals surface area contributed by atoms with Crippen molar-refractivity contribution in [3.63, 3.8) is 0 Å². The van der Waals surface area contributed by atoms with E-state index in [9.17, 15) is 14.0 Å². The summed E-state index contributed by atoms with van der Waals surface area (Å²) in [5.41, 5.74) is 2.24. The van der Waals surface area contributed by atoms with E-state index in [-0.39, 0.29) is 30.2 Å². The smallest absolute Gasteiger partial charge is 0.307 e. The molecule has 2 rings (SSSR count). The van der Waals surface area contributed by atoms with Crippen LogP contribution in [-0.4, -0.2) is 29.6 Å². The van der Waals surface area contributed by atoms with E-state index in [4.69, 9.17) is 0 Å². The molecule has 24 heavy (non-hydrogen) atoms. The Balaban J connectivity index is 2.27. The number of benzene rings is 1. The van der Waals surface area contributed by atoms with Gasteiger partial charge in [0.05, 0.1) is 24.8 Å². The summed E-state index contributed by atoms with van der Waals surface area (Å²) >= 11 is 0. The summed E-state index contributed by atoms with van der Waals surface area (Å²) in [6, 6.07) is 7.76. The van der Waals surface area contributed by atoms with E-state index in [1.807, 2.05) is 6.92 Å². The van der Waals surface area contributed by atoms with Crippen LogP contribution in [-0.2, 0) is 9.53 Å². The molecular weight excluding hydrogens is 311 g/mol. The fourth-order valence-corrected chi connectivity index (χ4v) is 2.68. The SMILES string of the molecule is COC(=O)CC(C)NC(=O)c1cc(C)n(-c2ccccc2F)c1C. The Bertz CT molecular complexity index is 768. The third kappa shape index (κ3) is 3.64. The van der Waals surface area contributed by atoms with Crippen molar-refractivity contribution in [2.75, 3.05) is 7.11 Å². The maximum absolute atomic E-state index is 14.1. The highest BCUT2D eigenvalue weighted by Crippen LogP contribution is 2.22. The van der Waals surface area contributed by atoms with Crippen LogP contribution in [0.4, 0.5) is 4.39 Å². The van der Waals surface area contributed by atoms with Crippen molar-refractivity contribution < 1.29 is 18.7 Å². The number of methoxy groups -OCH3 is 1. The summed E-state index contributed by atoms with van der Waals surface area (Å²) in [7, 11) is 1.30. The van der Waals surface area contributed by atoms with Gasteiger partial charge in [0.2, 0.25) is 0 Å². The molecule has 1 amide bonds. The minimum atomic E-state index is -0.389. The predicted molar refractivity (Wildman–Crippen MR) is 88.8 cm³/mol. The second kappa shape index (κ2) is 7.29. The third-order valence-electron chi connectivity index (χ3n) is 3.85. The minimum absolute atomic E-state index is 0.0916. The number of aryl methyl sites for hydroxylation is 1. The number of esters is 1. The first-order valence-corrected chi connectivity index (χ1v) is 7.66. The van der Waals surface area contributed by atoms with Gasteiger partial charge in [-0.15, -0.1) is 0 Å². The van der Waals surface area contributed by atoms with Gasteiger partial charge in [0, 0.05) is 17.4 Å². The zero-order valence-electron chi connectivity index (χ0n) is 14.2. The van der Waals surface area contributed by atoms with Crippen LogP contribution in [0.1, 0.15) is 35.1 Å². The van der Waals surface area contributed by atoms with Gasteiger partial charge >= 0.3 is 5.97 Å². The van der Waals surface area contributed by atoms with Crippen molar-refractivity contribution in [3.8, 4) is 5.69 Å². The lowest BCUT2D eigenvalue weighted by Crippen LogP contribution is -2.34. The monoisotopic (exact) mass is 332 g/mol. The Morgan fingerprint density at radius 1 is 1.29 bits per heavy atom. The quantitative estimate of drug-likeness (QED) is 0.857. The first kappa shape index (κ1) is 17.7. The number of halogens is 1. The first-order valence-electron chi connectivity index (χ1n) is 7.66. The molecule has 0 bridgehead atoms. The van der Waals surface area contributed by atoms with Crippen molar-refractivity contribution in [1.82, 2.24) is 9.88 Å². The second-order valence-electron chi connectivity index (χ2n) is 5.73. The van der Waals surface area contributed by atoms with E-state index < -0.39 is 0 Å². The molecule has 1 aromatic heterocycles. The molecule has 0 fully saturated rings. The molecule has 0 aliphatic carbocycles. The largest absolute Gasteiger partial charge is 0.469 e. The van der Waals surface area contributed by atoms with E-state index in [2.05, 4.69) is 10.1 Å². The molecule has 1 unspecified atom stereocenters. The molecule has 0 saturated carbocycles. The first-order chi connectivity index (χ1) is 11.3. The number of nitrogens with one attached hydrogen (secondary N) is 1. The zero-order chi connectivity index (χ0) is 17.9. The topological polar surface area (TPSA) is 60.3 Å². The van der Waals surface area contributed by atoms with Gasteiger partial charge in [0.1, 0.15) is 5.82 Å². The fraction of sp³-hybridized carbons (Fsp3) is 0.333. The highest BCUT2D eigenvalue weighted by Gasteiger charge is 2.20. The number of hydrogen-bond acceptors (Lipinski definition) is 3. The van der Waals surface area contributed by atoms with Gasteiger partial charge in [0.15, 0.2) is 0 Å². The molecule has 1 aromatic carbocycles. The van der Waals surface area contributed by atoms with Gasteiger partial charge in [-0.1, -0.05) is 12.1 Å². The van der Waals surface area contributed by atoms with Gasteiger partial charge in [-0.3, -0.25) is 9.59 Å².